The lowest BCUT2D eigenvalue weighted by Crippen LogP contribution is -2.30. The zero-order valence-corrected chi connectivity index (χ0v) is 17.3. The maximum atomic E-state index is 6.18. The Bertz CT molecular complexity index is 843. The molecular weight excluding hydrogens is 360 g/mol. The second-order valence-corrected chi connectivity index (χ2v) is 7.96. The fourth-order valence-electron chi connectivity index (χ4n) is 3.75. The molecule has 0 amide bonds. The highest BCUT2D eigenvalue weighted by atomic mass is 16.5. The van der Waals surface area contributed by atoms with E-state index in [1.165, 1.54) is 5.56 Å². The third-order valence-corrected chi connectivity index (χ3v) is 5.53. The van der Waals surface area contributed by atoms with E-state index in [2.05, 4.69) is 72.3 Å². The molecule has 0 radical (unpaired) electrons. The average molecular weight is 391 g/mol. The highest BCUT2D eigenvalue weighted by Gasteiger charge is 2.25. The van der Waals surface area contributed by atoms with E-state index in [0.29, 0.717) is 18.8 Å². The van der Waals surface area contributed by atoms with Gasteiger partial charge in [0.25, 0.3) is 0 Å². The van der Waals surface area contributed by atoms with Crippen molar-refractivity contribution < 1.29 is 9.47 Å². The Morgan fingerprint density at radius 1 is 1.03 bits per heavy atom. The van der Waals surface area contributed by atoms with E-state index in [1.807, 2.05) is 24.3 Å². The van der Waals surface area contributed by atoms with Crippen molar-refractivity contribution in [3.63, 3.8) is 0 Å². The Hall–Kier alpha value is -2.72. The highest BCUT2D eigenvalue weighted by Crippen LogP contribution is 2.25. The van der Waals surface area contributed by atoms with E-state index in [9.17, 15) is 0 Å². The fourth-order valence-corrected chi connectivity index (χ4v) is 3.75. The van der Waals surface area contributed by atoms with Crippen LogP contribution in [0.1, 0.15) is 25.8 Å². The van der Waals surface area contributed by atoms with Gasteiger partial charge in [-0.2, -0.15) is 0 Å². The number of hydrogen-bond acceptors (Lipinski definition) is 4. The summed E-state index contributed by atoms with van der Waals surface area (Å²) in [4.78, 5) is 4.68. The number of likely N-dealkylation sites (tertiary alicyclic amines) is 1. The Balaban J connectivity index is 1.27. The molecule has 1 saturated heterocycles. The highest BCUT2D eigenvalue weighted by molar-refractivity contribution is 5.53. The number of allylic oxidation sites excluding steroid dienone is 1. The number of hydrogen-bond donors (Lipinski definition) is 0. The zero-order valence-electron chi connectivity index (χ0n) is 17.3. The van der Waals surface area contributed by atoms with Crippen LogP contribution in [-0.4, -0.2) is 36.7 Å². The summed E-state index contributed by atoms with van der Waals surface area (Å²) >= 11 is 0. The third-order valence-electron chi connectivity index (χ3n) is 5.53. The van der Waals surface area contributed by atoms with E-state index in [4.69, 9.17) is 9.47 Å². The molecule has 0 unspecified atom stereocenters. The van der Waals surface area contributed by atoms with E-state index in [1.54, 1.807) is 0 Å². The van der Waals surface area contributed by atoms with Gasteiger partial charge < -0.3 is 14.4 Å². The molecule has 0 spiro atoms. The lowest BCUT2D eigenvalue weighted by Gasteiger charge is -2.23. The topological polar surface area (TPSA) is 24.9 Å². The second-order valence-electron chi connectivity index (χ2n) is 7.96. The monoisotopic (exact) mass is 390 g/mol. The molecule has 4 nitrogen and oxygen atoms in total. The molecule has 0 bridgehead atoms. The standard InChI is InChI=1S/C25H30N2O2/c1-20(2)27-17-14-25(18-27)29-24-10-8-22(9-11-24)26-15-12-23(13-16-26)28-19-21-6-4-3-5-7-21/h3-13,15,20,25H,14,16-19H2,1-2H3/t25-/m1/s1. The summed E-state index contributed by atoms with van der Waals surface area (Å²) in [5, 5.41) is 0. The summed E-state index contributed by atoms with van der Waals surface area (Å²) in [5.41, 5.74) is 2.33. The maximum absolute atomic E-state index is 6.18. The largest absolute Gasteiger partial charge is 0.489 e. The molecule has 2 aliphatic heterocycles. The van der Waals surface area contributed by atoms with E-state index < -0.39 is 0 Å². The molecule has 4 rings (SSSR count). The fraction of sp³-hybridized carbons (Fsp3) is 0.360. The Morgan fingerprint density at radius 3 is 2.48 bits per heavy atom. The van der Waals surface area contributed by atoms with Gasteiger partial charge >= 0.3 is 0 Å². The molecule has 29 heavy (non-hydrogen) atoms. The molecule has 0 aromatic heterocycles. The van der Waals surface area contributed by atoms with Crippen LogP contribution >= 0.6 is 0 Å². The Morgan fingerprint density at radius 2 is 1.83 bits per heavy atom. The van der Waals surface area contributed by atoms with Gasteiger partial charge in [-0.15, -0.1) is 0 Å². The van der Waals surface area contributed by atoms with Crippen LogP contribution in [0.4, 0.5) is 5.69 Å². The lowest BCUT2D eigenvalue weighted by atomic mass is 10.2. The first-order valence-corrected chi connectivity index (χ1v) is 10.5. The van der Waals surface area contributed by atoms with Crippen molar-refractivity contribution in [3.05, 3.63) is 84.3 Å². The summed E-state index contributed by atoms with van der Waals surface area (Å²) in [5.74, 6) is 1.87. The normalized spacial score (nSPS) is 19.5. The van der Waals surface area contributed by atoms with Crippen molar-refractivity contribution in [2.45, 2.75) is 39.0 Å². The van der Waals surface area contributed by atoms with E-state index in [-0.39, 0.29) is 0 Å². The smallest absolute Gasteiger partial charge is 0.119 e. The van der Waals surface area contributed by atoms with E-state index in [0.717, 1.165) is 43.3 Å². The first-order chi connectivity index (χ1) is 14.2. The number of nitrogens with zero attached hydrogens (tertiary/aromatic N) is 2. The summed E-state index contributed by atoms with van der Waals surface area (Å²) < 4.78 is 12.1. The van der Waals surface area contributed by atoms with Crippen LogP contribution in [-0.2, 0) is 11.3 Å². The molecular formula is C25H30N2O2. The van der Waals surface area contributed by atoms with Crippen molar-refractivity contribution in [2.24, 2.45) is 0 Å². The minimum absolute atomic E-state index is 0.297. The van der Waals surface area contributed by atoms with Crippen LogP contribution in [0.15, 0.2) is 78.7 Å². The number of benzene rings is 2. The van der Waals surface area contributed by atoms with Crippen molar-refractivity contribution >= 4 is 5.69 Å². The summed E-state index contributed by atoms with van der Waals surface area (Å²) in [7, 11) is 0. The summed E-state index contributed by atoms with van der Waals surface area (Å²) in [6.45, 7) is 8.03. The average Bonchev–Trinajstić information content (AvgIpc) is 3.23. The first-order valence-electron chi connectivity index (χ1n) is 10.5. The molecule has 4 heteroatoms. The van der Waals surface area contributed by atoms with Crippen LogP contribution in [0.2, 0.25) is 0 Å². The molecule has 2 aromatic carbocycles. The van der Waals surface area contributed by atoms with Crippen molar-refractivity contribution in [1.82, 2.24) is 4.90 Å². The minimum atomic E-state index is 0.297. The van der Waals surface area contributed by atoms with Crippen LogP contribution in [0.5, 0.6) is 5.75 Å². The van der Waals surface area contributed by atoms with Crippen molar-refractivity contribution in [1.29, 1.82) is 0 Å². The Labute approximate surface area is 174 Å². The minimum Gasteiger partial charge on any atom is -0.489 e. The lowest BCUT2D eigenvalue weighted by molar-refractivity contribution is 0.187. The number of anilines is 1. The Kier molecular flexibility index (Phi) is 6.20. The summed E-state index contributed by atoms with van der Waals surface area (Å²) in [6, 6.07) is 19.2. The number of ether oxygens (including phenoxy) is 2. The predicted octanol–water partition coefficient (Wildman–Crippen LogP) is 4.98. The van der Waals surface area contributed by atoms with Gasteiger partial charge in [0.2, 0.25) is 0 Å². The van der Waals surface area contributed by atoms with Gasteiger partial charge in [0.15, 0.2) is 0 Å². The predicted molar refractivity (Wildman–Crippen MR) is 118 cm³/mol. The van der Waals surface area contributed by atoms with Crippen molar-refractivity contribution in [2.75, 3.05) is 24.5 Å². The van der Waals surface area contributed by atoms with Gasteiger partial charge in [0.1, 0.15) is 24.2 Å². The molecule has 1 fully saturated rings. The first kappa shape index (κ1) is 19.6. The maximum Gasteiger partial charge on any atom is 0.119 e. The van der Waals surface area contributed by atoms with Gasteiger partial charge in [-0.1, -0.05) is 30.3 Å². The molecule has 0 aliphatic carbocycles. The molecule has 0 saturated carbocycles. The van der Waals surface area contributed by atoms with Crippen molar-refractivity contribution in [3.8, 4) is 5.75 Å². The van der Waals surface area contributed by atoms with Gasteiger partial charge in [0, 0.05) is 37.6 Å². The molecule has 152 valence electrons. The van der Waals surface area contributed by atoms with Gasteiger partial charge in [0.05, 0.1) is 0 Å². The molecule has 2 aliphatic rings. The molecule has 2 heterocycles. The van der Waals surface area contributed by atoms with E-state index >= 15 is 0 Å². The van der Waals surface area contributed by atoms with Gasteiger partial charge in [-0.3, -0.25) is 4.90 Å². The van der Waals surface area contributed by atoms with Gasteiger partial charge in [-0.25, -0.2) is 0 Å². The van der Waals surface area contributed by atoms with Crippen LogP contribution in [0.25, 0.3) is 0 Å². The molecule has 0 N–H and O–H groups in total. The summed E-state index contributed by atoms with van der Waals surface area (Å²) in [6.07, 6.45) is 7.62. The van der Waals surface area contributed by atoms with Crippen LogP contribution in [0, 0.1) is 0 Å². The molecule has 2 aromatic rings. The zero-order chi connectivity index (χ0) is 20.1. The van der Waals surface area contributed by atoms with Crippen LogP contribution in [0.3, 0.4) is 0 Å². The third kappa shape index (κ3) is 5.21. The number of rotatable bonds is 7. The second kappa shape index (κ2) is 9.19. The quantitative estimate of drug-likeness (QED) is 0.665. The van der Waals surface area contributed by atoms with Gasteiger partial charge in [-0.05, 0) is 62.2 Å². The van der Waals surface area contributed by atoms with Crippen LogP contribution < -0.4 is 9.64 Å². The molecule has 1 atom stereocenters. The SMILES string of the molecule is CC(C)N1CC[C@@H](Oc2ccc(N3C=CC(OCc4ccccc4)=CC3)cc2)C1.